The van der Waals surface area contributed by atoms with Crippen LogP contribution < -0.4 is 0 Å². The minimum absolute atomic E-state index is 0.961. The molecule has 0 atom stereocenters. The maximum Gasteiger partial charge on any atom is 0.0211 e. The van der Waals surface area contributed by atoms with E-state index >= 15 is 0 Å². The van der Waals surface area contributed by atoms with E-state index in [9.17, 15) is 0 Å². The summed E-state index contributed by atoms with van der Waals surface area (Å²) in [4.78, 5) is 0. The molecule has 0 amide bonds. The SMILES string of the molecule is CC1=C(C)C[C][C]=C1. The molecule has 0 heterocycles. The first-order valence-corrected chi connectivity index (χ1v) is 2.78. The van der Waals surface area contributed by atoms with Gasteiger partial charge in [0.15, 0.2) is 0 Å². The Morgan fingerprint density at radius 3 is 2.62 bits per heavy atom. The van der Waals surface area contributed by atoms with E-state index < -0.39 is 0 Å². The van der Waals surface area contributed by atoms with Crippen molar-refractivity contribution in [2.75, 3.05) is 0 Å². The quantitative estimate of drug-likeness (QED) is 0.443. The zero-order chi connectivity index (χ0) is 5.98. The first-order valence-electron chi connectivity index (χ1n) is 2.78. The van der Waals surface area contributed by atoms with Crippen LogP contribution in [0.2, 0.25) is 0 Å². The summed E-state index contributed by atoms with van der Waals surface area (Å²) in [6.45, 7) is 4.23. The van der Waals surface area contributed by atoms with Crippen molar-refractivity contribution in [2.45, 2.75) is 20.3 Å². The number of allylic oxidation sites excluding steroid dienone is 4. The Kier molecular flexibility index (Phi) is 1.52. The average molecular weight is 105 g/mol. The molecule has 0 fully saturated rings. The lowest BCUT2D eigenvalue weighted by atomic mass is 10.0. The van der Waals surface area contributed by atoms with Gasteiger partial charge in [0.05, 0.1) is 0 Å². The van der Waals surface area contributed by atoms with E-state index in [-0.39, 0.29) is 0 Å². The normalized spacial score (nSPS) is 19.8. The molecule has 1 rings (SSSR count). The molecule has 0 aromatic rings. The van der Waals surface area contributed by atoms with Crippen LogP contribution in [0.25, 0.3) is 0 Å². The smallest absolute Gasteiger partial charge is 0.0211 e. The second-order valence-corrected chi connectivity index (χ2v) is 2.11. The lowest BCUT2D eigenvalue weighted by Crippen LogP contribution is -1.87. The van der Waals surface area contributed by atoms with Crippen LogP contribution in [0.3, 0.4) is 0 Å². The van der Waals surface area contributed by atoms with Crippen LogP contribution in [0.4, 0.5) is 0 Å². The molecule has 8 heavy (non-hydrogen) atoms. The number of rotatable bonds is 0. The molecule has 3 radical (unpaired) electrons. The molecule has 0 unspecified atom stereocenters. The molecule has 0 aromatic heterocycles. The van der Waals surface area contributed by atoms with E-state index in [0.717, 1.165) is 6.42 Å². The van der Waals surface area contributed by atoms with Gasteiger partial charge in [0.25, 0.3) is 0 Å². The molecule has 0 heteroatoms. The fourth-order valence-electron chi connectivity index (χ4n) is 0.606. The molecule has 0 spiro atoms. The van der Waals surface area contributed by atoms with Gasteiger partial charge < -0.3 is 0 Å². The maximum absolute atomic E-state index is 3.00. The first kappa shape index (κ1) is 5.61. The topological polar surface area (TPSA) is 0 Å². The van der Waals surface area contributed by atoms with Crippen molar-refractivity contribution in [1.82, 2.24) is 0 Å². The summed E-state index contributed by atoms with van der Waals surface area (Å²) in [5.74, 6) is 0. The van der Waals surface area contributed by atoms with Gasteiger partial charge in [-0.25, -0.2) is 0 Å². The Morgan fingerprint density at radius 2 is 2.25 bits per heavy atom. The van der Waals surface area contributed by atoms with Gasteiger partial charge in [-0.3, -0.25) is 0 Å². The highest BCUT2D eigenvalue weighted by Crippen LogP contribution is 2.15. The van der Waals surface area contributed by atoms with Gasteiger partial charge in [-0.2, -0.15) is 0 Å². The highest BCUT2D eigenvalue weighted by Gasteiger charge is 1.97. The molecule has 41 valence electrons. The molecular weight excluding hydrogens is 96.1 g/mol. The van der Waals surface area contributed by atoms with Crippen molar-refractivity contribution in [3.8, 4) is 0 Å². The highest BCUT2D eigenvalue weighted by atomic mass is 14.0. The van der Waals surface area contributed by atoms with Crippen LogP contribution in [0.15, 0.2) is 17.2 Å². The van der Waals surface area contributed by atoms with Crippen molar-refractivity contribution in [2.24, 2.45) is 0 Å². The molecule has 0 saturated heterocycles. The molecule has 0 aromatic carbocycles. The van der Waals surface area contributed by atoms with Gasteiger partial charge in [-0.15, -0.1) is 0 Å². The van der Waals surface area contributed by atoms with E-state index in [4.69, 9.17) is 0 Å². The van der Waals surface area contributed by atoms with Crippen LogP contribution in [0.5, 0.6) is 0 Å². The van der Waals surface area contributed by atoms with E-state index in [2.05, 4.69) is 26.3 Å². The van der Waals surface area contributed by atoms with Crippen LogP contribution in [0, 0.1) is 12.5 Å². The van der Waals surface area contributed by atoms with E-state index in [1.165, 1.54) is 11.1 Å². The van der Waals surface area contributed by atoms with E-state index in [1.54, 1.807) is 0 Å². The summed E-state index contributed by atoms with van der Waals surface area (Å²) in [6.07, 6.45) is 8.87. The largest absolute Gasteiger partial charge is 0.0694 e. The molecule has 1 aliphatic carbocycles. The third-order valence-corrected chi connectivity index (χ3v) is 1.42. The van der Waals surface area contributed by atoms with Crippen molar-refractivity contribution in [3.05, 3.63) is 29.7 Å². The average Bonchev–Trinajstić information content (AvgIpc) is 1.77. The van der Waals surface area contributed by atoms with E-state index in [1.807, 2.05) is 6.08 Å². The van der Waals surface area contributed by atoms with Gasteiger partial charge >= 0.3 is 0 Å². The summed E-state index contributed by atoms with van der Waals surface area (Å²) < 4.78 is 0. The summed E-state index contributed by atoms with van der Waals surface area (Å²) in [7, 11) is 0. The predicted octanol–water partition coefficient (Wildman–Crippen LogP) is 2.17. The molecule has 0 N–H and O–H groups in total. The molecule has 0 saturated carbocycles. The maximum atomic E-state index is 3.00. The molecular formula is C8H9. The Labute approximate surface area is 50.9 Å². The Balaban J connectivity index is 2.76. The van der Waals surface area contributed by atoms with Crippen LogP contribution in [-0.2, 0) is 0 Å². The third kappa shape index (κ3) is 1.00. The molecule has 0 nitrogen and oxygen atoms in total. The highest BCUT2D eigenvalue weighted by molar-refractivity contribution is 5.27. The first-order chi connectivity index (χ1) is 3.80. The molecule has 1 aliphatic rings. The minimum Gasteiger partial charge on any atom is -0.0694 e. The molecule has 0 bridgehead atoms. The Bertz CT molecular complexity index is 138. The van der Waals surface area contributed by atoms with Gasteiger partial charge in [0.2, 0.25) is 0 Å². The Morgan fingerprint density at radius 1 is 1.50 bits per heavy atom. The van der Waals surface area contributed by atoms with Crippen LogP contribution >= 0.6 is 0 Å². The Hall–Kier alpha value is -0.520. The summed E-state index contributed by atoms with van der Waals surface area (Å²) in [5.41, 5.74) is 2.74. The standard InChI is InChI=1S/C8H9/c1-7-5-3-4-6-8(7)2/h5H,6H2,1-2H3. The summed E-state index contributed by atoms with van der Waals surface area (Å²) >= 11 is 0. The lowest BCUT2D eigenvalue weighted by molar-refractivity contribution is 1.08. The predicted molar refractivity (Wildman–Crippen MR) is 34.0 cm³/mol. The molecule has 0 aliphatic heterocycles. The van der Waals surface area contributed by atoms with Crippen molar-refractivity contribution >= 4 is 0 Å². The minimum atomic E-state index is 0.961. The second kappa shape index (κ2) is 2.17. The third-order valence-electron chi connectivity index (χ3n) is 1.42. The number of hydrogen-bond acceptors (Lipinski definition) is 0. The van der Waals surface area contributed by atoms with Gasteiger partial charge in [0, 0.05) is 6.42 Å². The van der Waals surface area contributed by atoms with Gasteiger partial charge in [-0.1, -0.05) is 17.2 Å². The zero-order valence-corrected chi connectivity index (χ0v) is 5.28. The number of hydrogen-bond donors (Lipinski definition) is 0. The van der Waals surface area contributed by atoms with Gasteiger partial charge in [-0.05, 0) is 26.3 Å². The lowest BCUT2D eigenvalue weighted by Gasteiger charge is -2.04. The van der Waals surface area contributed by atoms with Crippen molar-refractivity contribution < 1.29 is 0 Å². The monoisotopic (exact) mass is 105 g/mol. The van der Waals surface area contributed by atoms with Crippen LogP contribution in [0.1, 0.15) is 20.3 Å². The summed E-state index contributed by atoms with van der Waals surface area (Å²) in [5, 5.41) is 0. The fourth-order valence-corrected chi connectivity index (χ4v) is 0.606. The fraction of sp³-hybridized carbons (Fsp3) is 0.375. The van der Waals surface area contributed by atoms with Crippen molar-refractivity contribution in [1.29, 1.82) is 0 Å². The summed E-state index contributed by atoms with van der Waals surface area (Å²) in [6, 6.07) is 0. The zero-order valence-electron chi connectivity index (χ0n) is 5.28. The van der Waals surface area contributed by atoms with E-state index in [0.29, 0.717) is 0 Å². The van der Waals surface area contributed by atoms with Crippen LogP contribution in [-0.4, -0.2) is 0 Å². The van der Waals surface area contributed by atoms with Gasteiger partial charge in [0.1, 0.15) is 0 Å². The van der Waals surface area contributed by atoms with Crippen molar-refractivity contribution in [3.63, 3.8) is 0 Å². The second-order valence-electron chi connectivity index (χ2n) is 2.11.